The lowest BCUT2D eigenvalue weighted by Crippen LogP contribution is -3.12. The van der Waals surface area contributed by atoms with Crippen molar-refractivity contribution in [2.24, 2.45) is 0 Å². The Balaban J connectivity index is 1.94. The number of thioether (sulfide) groups is 1. The number of rotatable bonds is 6. The fourth-order valence-corrected chi connectivity index (χ4v) is 2.73. The number of quaternary nitrogens is 1. The monoisotopic (exact) mass is 340 g/mol. The number of nitrogens with one attached hydrogen (secondary N) is 2. The smallest absolute Gasteiger partial charge is 0.282 e. The van der Waals surface area contributed by atoms with Gasteiger partial charge in [-0.2, -0.15) is 5.26 Å². The van der Waals surface area contributed by atoms with Crippen molar-refractivity contribution < 1.29 is 9.69 Å². The number of likely N-dealkylation sites (N-methyl/N-ethyl adjacent to an activating group) is 1. The van der Waals surface area contributed by atoms with E-state index in [-0.39, 0.29) is 11.9 Å². The first-order valence-electron chi connectivity index (χ1n) is 7.79. The van der Waals surface area contributed by atoms with Crippen molar-refractivity contribution in [3.05, 3.63) is 59.7 Å². The van der Waals surface area contributed by atoms with Crippen LogP contribution in [-0.2, 0) is 11.3 Å². The summed E-state index contributed by atoms with van der Waals surface area (Å²) in [4.78, 5) is 14.8. The second-order valence-corrected chi connectivity index (χ2v) is 6.65. The normalized spacial score (nSPS) is 12.9. The highest BCUT2D eigenvalue weighted by atomic mass is 32.2. The van der Waals surface area contributed by atoms with Crippen LogP contribution in [0.4, 0.5) is 5.69 Å². The van der Waals surface area contributed by atoms with Gasteiger partial charge in [0.2, 0.25) is 0 Å². The van der Waals surface area contributed by atoms with Crippen molar-refractivity contribution in [2.45, 2.75) is 24.4 Å². The van der Waals surface area contributed by atoms with E-state index in [9.17, 15) is 4.79 Å². The molecule has 0 radical (unpaired) electrons. The number of hydrogen-bond acceptors (Lipinski definition) is 3. The maximum absolute atomic E-state index is 12.4. The number of carbonyl (C=O) groups is 1. The van der Waals surface area contributed by atoms with Crippen LogP contribution in [0.1, 0.15) is 18.1 Å². The first kappa shape index (κ1) is 18.1. The lowest BCUT2D eigenvalue weighted by atomic mass is 10.1. The highest BCUT2D eigenvalue weighted by Crippen LogP contribution is 2.14. The number of anilines is 1. The van der Waals surface area contributed by atoms with Gasteiger partial charge in [0.25, 0.3) is 5.91 Å². The third-order valence-electron chi connectivity index (χ3n) is 4.06. The molecule has 124 valence electrons. The number of amides is 1. The van der Waals surface area contributed by atoms with E-state index in [0.29, 0.717) is 11.3 Å². The lowest BCUT2D eigenvalue weighted by molar-refractivity contribution is -0.907. The van der Waals surface area contributed by atoms with Crippen LogP contribution >= 0.6 is 11.8 Å². The molecular weight excluding hydrogens is 318 g/mol. The van der Waals surface area contributed by atoms with Crippen LogP contribution in [0.5, 0.6) is 0 Å². The summed E-state index contributed by atoms with van der Waals surface area (Å²) < 4.78 is 0. The lowest BCUT2D eigenvalue weighted by Gasteiger charge is -2.21. The molecule has 24 heavy (non-hydrogen) atoms. The maximum Gasteiger partial charge on any atom is 0.282 e. The number of benzene rings is 2. The second-order valence-electron chi connectivity index (χ2n) is 5.77. The minimum atomic E-state index is -0.180. The van der Waals surface area contributed by atoms with E-state index in [1.165, 1.54) is 10.5 Å². The van der Waals surface area contributed by atoms with Gasteiger partial charge in [0, 0.05) is 16.1 Å². The zero-order valence-corrected chi connectivity index (χ0v) is 15.0. The Kier molecular flexibility index (Phi) is 6.42. The van der Waals surface area contributed by atoms with Crippen LogP contribution in [0.2, 0.25) is 0 Å². The fourth-order valence-electron chi connectivity index (χ4n) is 2.32. The molecule has 0 fully saturated rings. The Hall–Kier alpha value is -2.29. The van der Waals surface area contributed by atoms with E-state index in [1.807, 2.05) is 14.0 Å². The molecule has 0 aromatic heterocycles. The molecule has 2 N–H and O–H groups in total. The zero-order chi connectivity index (χ0) is 17.5. The Morgan fingerprint density at radius 1 is 1.21 bits per heavy atom. The predicted molar refractivity (Wildman–Crippen MR) is 98.1 cm³/mol. The first-order valence-corrected chi connectivity index (χ1v) is 9.02. The van der Waals surface area contributed by atoms with Gasteiger partial charge >= 0.3 is 0 Å². The van der Waals surface area contributed by atoms with Crippen molar-refractivity contribution in [3.63, 3.8) is 0 Å². The molecule has 0 saturated heterocycles. The van der Waals surface area contributed by atoms with Gasteiger partial charge in [-0.05, 0) is 49.6 Å². The van der Waals surface area contributed by atoms with Crippen LogP contribution in [0.15, 0.2) is 53.4 Å². The van der Waals surface area contributed by atoms with E-state index in [0.717, 1.165) is 11.4 Å². The average Bonchev–Trinajstić information content (AvgIpc) is 2.62. The third-order valence-corrected chi connectivity index (χ3v) is 4.80. The van der Waals surface area contributed by atoms with Crippen LogP contribution in [-0.4, -0.2) is 25.3 Å². The molecule has 0 heterocycles. The van der Waals surface area contributed by atoms with Gasteiger partial charge in [0.1, 0.15) is 6.54 Å². The number of hydrogen-bond donors (Lipinski definition) is 2. The summed E-state index contributed by atoms with van der Waals surface area (Å²) >= 11 is 1.72. The van der Waals surface area contributed by atoms with Crippen LogP contribution < -0.4 is 10.2 Å². The van der Waals surface area contributed by atoms with Crippen molar-refractivity contribution in [3.8, 4) is 6.07 Å². The fraction of sp³-hybridized carbons (Fsp3) is 0.263. The van der Waals surface area contributed by atoms with E-state index >= 15 is 0 Å². The van der Waals surface area contributed by atoms with Crippen molar-refractivity contribution in [2.75, 3.05) is 18.6 Å². The molecular formula is C19H22N3OS+. The van der Waals surface area contributed by atoms with Gasteiger partial charge in [-0.25, -0.2) is 0 Å². The summed E-state index contributed by atoms with van der Waals surface area (Å²) in [5.74, 6) is -0.0297. The molecule has 0 aliphatic rings. The Labute approximate surface area is 147 Å². The maximum atomic E-state index is 12.4. The molecule has 0 bridgehead atoms. The summed E-state index contributed by atoms with van der Waals surface area (Å²) in [6.45, 7) is 2.71. The van der Waals surface area contributed by atoms with E-state index in [2.05, 4.69) is 41.9 Å². The topological polar surface area (TPSA) is 57.3 Å². The summed E-state index contributed by atoms with van der Waals surface area (Å²) in [6.07, 6.45) is 2.06. The molecule has 2 aromatic carbocycles. The molecule has 1 amide bonds. The summed E-state index contributed by atoms with van der Waals surface area (Å²) in [7, 11) is 2.02. The van der Waals surface area contributed by atoms with Gasteiger partial charge in [-0.3, -0.25) is 4.79 Å². The van der Waals surface area contributed by atoms with Crippen molar-refractivity contribution in [1.82, 2.24) is 0 Å². The highest BCUT2D eigenvalue weighted by Gasteiger charge is 2.22. The van der Waals surface area contributed by atoms with Crippen LogP contribution in [0.3, 0.4) is 0 Å². The molecule has 0 spiro atoms. The summed E-state index contributed by atoms with van der Waals surface area (Å²) in [6, 6.07) is 17.2. The summed E-state index contributed by atoms with van der Waals surface area (Å²) in [5.41, 5.74) is 2.50. The largest absolute Gasteiger partial charge is 0.324 e. The minimum Gasteiger partial charge on any atom is -0.324 e. The van der Waals surface area contributed by atoms with Crippen molar-refractivity contribution in [1.29, 1.82) is 5.26 Å². The molecule has 0 saturated carbocycles. The van der Waals surface area contributed by atoms with Gasteiger partial charge < -0.3 is 10.2 Å². The Bertz CT molecular complexity index is 720. The van der Waals surface area contributed by atoms with Gasteiger partial charge in [-0.15, -0.1) is 11.8 Å². The first-order chi connectivity index (χ1) is 11.5. The molecule has 0 aliphatic carbocycles. The summed E-state index contributed by atoms with van der Waals surface area (Å²) in [5, 5.41) is 11.7. The SMILES string of the molecule is CSc1ccc(C[NH+](C)[C@H](C)C(=O)Nc2ccc(C#N)cc2)cc1. The van der Waals surface area contributed by atoms with Crippen LogP contribution in [0.25, 0.3) is 0 Å². The van der Waals surface area contributed by atoms with E-state index in [4.69, 9.17) is 5.26 Å². The molecule has 2 aromatic rings. The predicted octanol–water partition coefficient (Wildman–Crippen LogP) is 2.32. The second kappa shape index (κ2) is 8.53. The molecule has 2 atom stereocenters. The quantitative estimate of drug-likeness (QED) is 0.794. The number of carbonyl (C=O) groups excluding carboxylic acids is 1. The van der Waals surface area contributed by atoms with Gasteiger partial charge in [0.15, 0.2) is 6.04 Å². The van der Waals surface area contributed by atoms with E-state index in [1.54, 1.807) is 36.0 Å². The average molecular weight is 340 g/mol. The molecule has 0 aliphatic heterocycles. The van der Waals surface area contributed by atoms with Gasteiger partial charge in [-0.1, -0.05) is 12.1 Å². The third kappa shape index (κ3) is 4.85. The highest BCUT2D eigenvalue weighted by molar-refractivity contribution is 7.98. The standard InChI is InChI=1S/C19H21N3OS/c1-14(19(23)21-17-8-4-15(12-20)5-9-17)22(2)13-16-6-10-18(24-3)11-7-16/h4-11,14H,13H2,1-3H3,(H,21,23)/p+1/t14-/m1/s1. The molecule has 5 heteroatoms. The molecule has 2 rings (SSSR count). The number of nitriles is 1. The Morgan fingerprint density at radius 3 is 2.38 bits per heavy atom. The van der Waals surface area contributed by atoms with Crippen molar-refractivity contribution >= 4 is 23.4 Å². The number of nitrogens with zero attached hydrogens (tertiary/aromatic N) is 1. The van der Waals surface area contributed by atoms with Crippen LogP contribution in [0, 0.1) is 11.3 Å². The zero-order valence-electron chi connectivity index (χ0n) is 14.2. The minimum absolute atomic E-state index is 0.0297. The van der Waals surface area contributed by atoms with Gasteiger partial charge in [0.05, 0.1) is 18.7 Å². The molecule has 1 unspecified atom stereocenters. The van der Waals surface area contributed by atoms with E-state index < -0.39 is 0 Å². The Morgan fingerprint density at radius 2 is 1.83 bits per heavy atom. The molecule has 4 nitrogen and oxygen atoms in total.